The highest BCUT2D eigenvalue weighted by Crippen LogP contribution is 2.61. The Labute approximate surface area is 200 Å². The summed E-state index contributed by atoms with van der Waals surface area (Å²) in [5, 5.41) is 10.0. The van der Waals surface area contributed by atoms with E-state index in [1.54, 1.807) is 21.6 Å². The number of aliphatic hydroxyl groups is 1. The summed E-state index contributed by atoms with van der Waals surface area (Å²) >= 11 is 1.54. The summed E-state index contributed by atoms with van der Waals surface area (Å²) in [6.45, 7) is 10.4. The normalized spacial score (nSPS) is 36.4. The first-order valence-electron chi connectivity index (χ1n) is 12.0. The number of nitrogens with zero attached hydrogens (tertiary/aromatic N) is 2. The minimum atomic E-state index is -0.881. The lowest BCUT2D eigenvalue weighted by molar-refractivity contribution is -0.154. The molecule has 4 heterocycles. The number of likely N-dealkylation sites (tertiary alicyclic amines) is 1. The summed E-state index contributed by atoms with van der Waals surface area (Å²) < 4.78 is 4.70. The lowest BCUT2D eigenvalue weighted by atomic mass is 9.78. The van der Waals surface area contributed by atoms with Crippen molar-refractivity contribution in [1.82, 2.24) is 9.80 Å². The van der Waals surface area contributed by atoms with E-state index in [2.05, 4.69) is 6.08 Å². The average Bonchev–Trinajstić information content (AvgIpc) is 3.13. The van der Waals surface area contributed by atoms with Crippen molar-refractivity contribution in [2.45, 2.75) is 75.1 Å². The van der Waals surface area contributed by atoms with Crippen molar-refractivity contribution in [2.24, 2.45) is 17.8 Å². The predicted octanol–water partition coefficient (Wildman–Crippen LogP) is 2.39. The zero-order valence-corrected chi connectivity index (χ0v) is 21.0. The van der Waals surface area contributed by atoms with Crippen molar-refractivity contribution in [2.75, 3.05) is 19.8 Å². The average molecular weight is 477 g/mol. The number of carbonyl (C=O) groups excluding carboxylic acids is 3. The van der Waals surface area contributed by atoms with Crippen molar-refractivity contribution in [3.05, 3.63) is 24.3 Å². The Bertz CT molecular complexity index is 879. The van der Waals surface area contributed by atoms with Gasteiger partial charge in [0.05, 0.1) is 35.8 Å². The summed E-state index contributed by atoms with van der Waals surface area (Å²) in [5.74, 6) is -2.14. The first kappa shape index (κ1) is 24.3. The molecule has 4 rings (SSSR count). The van der Waals surface area contributed by atoms with Gasteiger partial charge in [0.25, 0.3) is 0 Å². The summed E-state index contributed by atoms with van der Waals surface area (Å²) in [6, 6.07) is -1.29. The molecule has 0 aliphatic carbocycles. The molecule has 182 valence electrons. The van der Waals surface area contributed by atoms with Crippen molar-refractivity contribution in [1.29, 1.82) is 0 Å². The van der Waals surface area contributed by atoms with Crippen molar-refractivity contribution < 1.29 is 24.2 Å². The fraction of sp³-hybridized carbons (Fsp3) is 0.720. The maximum atomic E-state index is 14.2. The van der Waals surface area contributed by atoms with Gasteiger partial charge in [-0.1, -0.05) is 38.2 Å². The van der Waals surface area contributed by atoms with Gasteiger partial charge in [-0.3, -0.25) is 14.4 Å². The standard InChI is InChI=1S/C25H36N2O5S/c1-15(2)16(14-28)27-20-22(30)26(24(3,4)5)12-9-11-25(20)19(21(27)29)18-17(33-25)10-7-6-8-13-32-23(18)31/h7,9-11,15-20,28H,6,8,12-14H2,1-5H3/b10-7-/t16-,17-,18+,19-,20?,25-/m0/s1. The van der Waals surface area contributed by atoms with E-state index in [9.17, 15) is 19.5 Å². The summed E-state index contributed by atoms with van der Waals surface area (Å²) in [7, 11) is 0. The third-order valence-corrected chi connectivity index (χ3v) is 9.16. The molecule has 7 nitrogen and oxygen atoms in total. The van der Waals surface area contributed by atoms with E-state index in [0.29, 0.717) is 13.2 Å². The summed E-state index contributed by atoms with van der Waals surface area (Å²) in [5.41, 5.74) is -0.436. The van der Waals surface area contributed by atoms with Crippen LogP contribution in [0.4, 0.5) is 0 Å². The largest absolute Gasteiger partial charge is 0.465 e. The minimum Gasteiger partial charge on any atom is -0.465 e. The van der Waals surface area contributed by atoms with Gasteiger partial charge in [0.1, 0.15) is 6.04 Å². The summed E-state index contributed by atoms with van der Waals surface area (Å²) in [6.07, 6.45) is 9.64. The molecule has 0 aromatic heterocycles. The van der Waals surface area contributed by atoms with E-state index in [0.717, 1.165) is 12.8 Å². The molecule has 1 unspecified atom stereocenters. The van der Waals surface area contributed by atoms with Crippen LogP contribution in [0.2, 0.25) is 0 Å². The number of aliphatic hydroxyl groups excluding tert-OH is 1. The van der Waals surface area contributed by atoms with Crippen LogP contribution in [0.3, 0.4) is 0 Å². The molecule has 0 saturated carbocycles. The second-order valence-corrected chi connectivity index (χ2v) is 12.3. The molecule has 1 spiro atoms. The molecule has 4 aliphatic rings. The van der Waals surface area contributed by atoms with Gasteiger partial charge in [0.15, 0.2) is 0 Å². The van der Waals surface area contributed by atoms with Crippen LogP contribution in [-0.2, 0) is 19.1 Å². The number of ether oxygens (including phenoxy) is 1. The molecular weight excluding hydrogens is 440 g/mol. The highest BCUT2D eigenvalue weighted by molar-refractivity contribution is 8.02. The van der Waals surface area contributed by atoms with Crippen LogP contribution in [0.15, 0.2) is 24.3 Å². The molecule has 2 amide bonds. The SMILES string of the molecule is CC(C)[C@H](CO)N1C(=O)[C@@H]2[C@@H]3C(=O)OCCC/C=C\[C@@H]3S[C@@]23C=CCN(C(C)(C)C)C(=O)C13. The predicted molar refractivity (Wildman–Crippen MR) is 127 cm³/mol. The highest BCUT2D eigenvalue weighted by Gasteiger charge is 2.72. The van der Waals surface area contributed by atoms with E-state index in [-0.39, 0.29) is 35.6 Å². The number of fused-ring (bicyclic) bond motifs is 2. The first-order valence-corrected chi connectivity index (χ1v) is 12.9. The van der Waals surface area contributed by atoms with Gasteiger partial charge in [-0.2, -0.15) is 0 Å². The molecule has 6 atom stereocenters. The Morgan fingerprint density at radius 2 is 1.94 bits per heavy atom. The smallest absolute Gasteiger partial charge is 0.311 e. The van der Waals surface area contributed by atoms with E-state index < -0.39 is 34.2 Å². The monoisotopic (exact) mass is 476 g/mol. The van der Waals surface area contributed by atoms with Crippen molar-refractivity contribution >= 4 is 29.5 Å². The quantitative estimate of drug-likeness (QED) is 0.497. The molecule has 33 heavy (non-hydrogen) atoms. The fourth-order valence-electron chi connectivity index (χ4n) is 5.77. The number of esters is 1. The maximum Gasteiger partial charge on any atom is 0.311 e. The van der Waals surface area contributed by atoms with E-state index in [1.165, 1.54) is 0 Å². The van der Waals surface area contributed by atoms with Gasteiger partial charge in [-0.15, -0.1) is 11.8 Å². The zero-order valence-electron chi connectivity index (χ0n) is 20.2. The Morgan fingerprint density at radius 3 is 2.58 bits per heavy atom. The number of hydrogen-bond acceptors (Lipinski definition) is 6. The van der Waals surface area contributed by atoms with Crippen LogP contribution in [0.25, 0.3) is 0 Å². The first-order chi connectivity index (χ1) is 15.5. The third-order valence-electron chi connectivity index (χ3n) is 7.41. The number of allylic oxidation sites excluding steroid dienone is 1. The number of thioether (sulfide) groups is 1. The molecule has 8 heteroatoms. The topological polar surface area (TPSA) is 87.2 Å². The van der Waals surface area contributed by atoms with Crippen molar-refractivity contribution in [3.63, 3.8) is 0 Å². The van der Waals surface area contributed by atoms with Gasteiger partial charge >= 0.3 is 5.97 Å². The molecule has 0 aromatic carbocycles. The van der Waals surface area contributed by atoms with Crippen molar-refractivity contribution in [3.8, 4) is 0 Å². The fourth-order valence-corrected chi connectivity index (χ4v) is 7.76. The van der Waals surface area contributed by atoms with Gasteiger partial charge in [-0.05, 0) is 39.5 Å². The highest BCUT2D eigenvalue weighted by atomic mass is 32.2. The number of carbonyl (C=O) groups is 3. The second kappa shape index (κ2) is 8.77. The van der Waals surface area contributed by atoms with Gasteiger partial charge < -0.3 is 19.6 Å². The number of hydrogen-bond donors (Lipinski definition) is 1. The zero-order chi connectivity index (χ0) is 24.1. The van der Waals surface area contributed by atoms with Crippen LogP contribution >= 0.6 is 11.8 Å². The molecular formula is C25H36N2O5S. The maximum absolute atomic E-state index is 14.2. The Morgan fingerprint density at radius 1 is 1.21 bits per heavy atom. The van der Waals surface area contributed by atoms with E-state index in [4.69, 9.17) is 4.74 Å². The number of rotatable bonds is 3. The number of cyclic esters (lactones) is 1. The van der Waals surface area contributed by atoms with E-state index in [1.807, 2.05) is 52.8 Å². The molecule has 2 saturated heterocycles. The van der Waals surface area contributed by atoms with Crippen LogP contribution in [0.1, 0.15) is 47.5 Å². The lowest BCUT2D eigenvalue weighted by Gasteiger charge is -2.43. The molecule has 0 bridgehead atoms. The molecule has 0 radical (unpaired) electrons. The van der Waals surface area contributed by atoms with Gasteiger partial charge in [0.2, 0.25) is 11.8 Å². The molecule has 2 fully saturated rings. The van der Waals surface area contributed by atoms with E-state index >= 15 is 0 Å². The lowest BCUT2D eigenvalue weighted by Crippen LogP contribution is -2.60. The number of amides is 2. The van der Waals surface area contributed by atoms with Crippen LogP contribution in [0.5, 0.6) is 0 Å². The Kier molecular flexibility index (Phi) is 6.46. The Hall–Kier alpha value is -1.80. The summed E-state index contributed by atoms with van der Waals surface area (Å²) in [4.78, 5) is 44.9. The third kappa shape index (κ3) is 3.83. The van der Waals surface area contributed by atoms with Gasteiger partial charge in [0, 0.05) is 17.3 Å². The molecule has 4 aliphatic heterocycles. The molecule has 1 N–H and O–H groups in total. The van der Waals surface area contributed by atoms with Crippen LogP contribution in [0, 0.1) is 17.8 Å². The minimum absolute atomic E-state index is 0.0499. The van der Waals surface area contributed by atoms with Crippen LogP contribution < -0.4 is 0 Å². The molecule has 0 aromatic rings. The second-order valence-electron chi connectivity index (χ2n) is 10.8. The van der Waals surface area contributed by atoms with Gasteiger partial charge in [-0.25, -0.2) is 0 Å². The Balaban J connectivity index is 1.89. The van der Waals surface area contributed by atoms with Crippen LogP contribution in [-0.4, -0.2) is 80.1 Å².